The molecule has 0 aliphatic carbocycles. The van der Waals surface area contributed by atoms with Gasteiger partial charge in [0.2, 0.25) is 5.91 Å². The molecule has 0 fully saturated rings. The van der Waals surface area contributed by atoms with Crippen LogP contribution in [0.3, 0.4) is 0 Å². The smallest absolute Gasteiger partial charge is 0.238 e. The monoisotopic (exact) mass is 282 g/mol. The summed E-state index contributed by atoms with van der Waals surface area (Å²) in [6.07, 6.45) is 1.37. The van der Waals surface area contributed by atoms with Crippen molar-refractivity contribution in [2.24, 2.45) is 5.92 Å². The van der Waals surface area contributed by atoms with Crippen molar-refractivity contribution in [3.63, 3.8) is 0 Å². The zero-order valence-electron chi connectivity index (χ0n) is 12.0. The zero-order valence-corrected chi connectivity index (χ0v) is 12.0. The third-order valence-electron chi connectivity index (χ3n) is 3.34. The van der Waals surface area contributed by atoms with Gasteiger partial charge in [-0.3, -0.25) is 4.79 Å². The molecule has 1 rings (SSSR count). The Morgan fingerprint density at radius 2 is 2.05 bits per heavy atom. The van der Waals surface area contributed by atoms with Crippen molar-refractivity contribution in [1.29, 1.82) is 0 Å². The summed E-state index contributed by atoms with van der Waals surface area (Å²) in [5.41, 5.74) is 0.428. The Labute approximate surface area is 119 Å². The number of aliphatic hydroxyl groups excluding tert-OH is 1. The van der Waals surface area contributed by atoms with Gasteiger partial charge in [-0.15, -0.1) is 0 Å². The van der Waals surface area contributed by atoms with Gasteiger partial charge in [-0.2, -0.15) is 0 Å². The fourth-order valence-electron chi connectivity index (χ4n) is 2.10. The lowest BCUT2D eigenvalue weighted by atomic mass is 9.97. The molecular weight excluding hydrogens is 259 g/mol. The van der Waals surface area contributed by atoms with E-state index in [1.807, 2.05) is 13.8 Å². The summed E-state index contributed by atoms with van der Waals surface area (Å²) in [5, 5.41) is 15.4. The van der Waals surface area contributed by atoms with E-state index in [2.05, 4.69) is 10.6 Å². The predicted octanol–water partition coefficient (Wildman–Crippen LogP) is 2.15. The maximum Gasteiger partial charge on any atom is 0.238 e. The van der Waals surface area contributed by atoms with Crippen LogP contribution in [0, 0.1) is 11.7 Å². The molecule has 0 aliphatic heterocycles. The van der Waals surface area contributed by atoms with Crippen molar-refractivity contribution >= 4 is 11.6 Å². The number of amides is 1. The Bertz CT molecular complexity index is 422. The Hall–Kier alpha value is -1.46. The SMILES string of the molecule is CCC(CC)C(O)CNCC(=O)Nc1cccc(F)c1. The molecule has 0 saturated heterocycles. The summed E-state index contributed by atoms with van der Waals surface area (Å²) < 4.78 is 12.9. The van der Waals surface area contributed by atoms with Gasteiger partial charge in [0.1, 0.15) is 5.82 Å². The first kappa shape index (κ1) is 16.6. The lowest BCUT2D eigenvalue weighted by molar-refractivity contribution is -0.115. The minimum absolute atomic E-state index is 0.0910. The zero-order chi connectivity index (χ0) is 15.0. The topological polar surface area (TPSA) is 61.4 Å². The Morgan fingerprint density at radius 1 is 1.35 bits per heavy atom. The van der Waals surface area contributed by atoms with E-state index in [0.717, 1.165) is 12.8 Å². The molecule has 112 valence electrons. The molecule has 0 heterocycles. The maximum absolute atomic E-state index is 12.9. The van der Waals surface area contributed by atoms with Crippen molar-refractivity contribution in [3.05, 3.63) is 30.1 Å². The summed E-state index contributed by atoms with van der Waals surface area (Å²) in [7, 11) is 0. The number of carbonyl (C=O) groups excluding carboxylic acids is 1. The largest absolute Gasteiger partial charge is 0.392 e. The third-order valence-corrected chi connectivity index (χ3v) is 3.34. The molecule has 3 N–H and O–H groups in total. The fraction of sp³-hybridized carbons (Fsp3) is 0.533. The van der Waals surface area contributed by atoms with Crippen LogP contribution in [0.15, 0.2) is 24.3 Å². The molecule has 1 aromatic carbocycles. The lowest BCUT2D eigenvalue weighted by Gasteiger charge is -2.20. The van der Waals surface area contributed by atoms with E-state index in [0.29, 0.717) is 12.2 Å². The summed E-state index contributed by atoms with van der Waals surface area (Å²) in [6, 6.07) is 5.74. The van der Waals surface area contributed by atoms with E-state index in [4.69, 9.17) is 0 Å². The highest BCUT2D eigenvalue weighted by Crippen LogP contribution is 2.12. The van der Waals surface area contributed by atoms with Gasteiger partial charge in [-0.1, -0.05) is 32.8 Å². The number of hydrogen-bond acceptors (Lipinski definition) is 3. The van der Waals surface area contributed by atoms with Crippen LogP contribution in [0.25, 0.3) is 0 Å². The minimum atomic E-state index is -0.452. The highest BCUT2D eigenvalue weighted by atomic mass is 19.1. The second kappa shape index (κ2) is 8.66. The number of aliphatic hydroxyl groups is 1. The maximum atomic E-state index is 12.9. The summed E-state index contributed by atoms with van der Waals surface area (Å²) in [5.74, 6) is -0.402. The van der Waals surface area contributed by atoms with Gasteiger partial charge in [-0.25, -0.2) is 4.39 Å². The Kier molecular flexibility index (Phi) is 7.18. The molecular formula is C15H23FN2O2. The van der Waals surface area contributed by atoms with Gasteiger partial charge >= 0.3 is 0 Å². The van der Waals surface area contributed by atoms with Crippen molar-refractivity contribution in [2.45, 2.75) is 32.8 Å². The molecule has 0 aromatic heterocycles. The van der Waals surface area contributed by atoms with Crippen LogP contribution >= 0.6 is 0 Å². The Balaban J connectivity index is 2.30. The van der Waals surface area contributed by atoms with Crippen LogP contribution in [-0.2, 0) is 4.79 Å². The first-order valence-corrected chi connectivity index (χ1v) is 7.01. The van der Waals surface area contributed by atoms with Gasteiger partial charge < -0.3 is 15.7 Å². The van der Waals surface area contributed by atoms with Gasteiger partial charge in [0.25, 0.3) is 0 Å². The molecule has 1 atom stereocenters. The standard InChI is InChI=1S/C15H23FN2O2/c1-3-11(4-2)14(19)9-17-10-15(20)18-13-7-5-6-12(16)8-13/h5-8,11,14,17,19H,3-4,9-10H2,1-2H3,(H,18,20). The molecule has 0 saturated carbocycles. The number of nitrogens with one attached hydrogen (secondary N) is 2. The lowest BCUT2D eigenvalue weighted by Crippen LogP contribution is -2.36. The first-order chi connectivity index (χ1) is 9.56. The predicted molar refractivity (Wildman–Crippen MR) is 78.0 cm³/mol. The van der Waals surface area contributed by atoms with Crippen LogP contribution in [0.5, 0.6) is 0 Å². The van der Waals surface area contributed by atoms with E-state index in [1.54, 1.807) is 6.07 Å². The first-order valence-electron chi connectivity index (χ1n) is 7.01. The van der Waals surface area contributed by atoms with Crippen LogP contribution in [0.4, 0.5) is 10.1 Å². The van der Waals surface area contributed by atoms with Crippen LogP contribution in [-0.4, -0.2) is 30.2 Å². The van der Waals surface area contributed by atoms with E-state index in [1.165, 1.54) is 18.2 Å². The molecule has 1 aromatic rings. The van der Waals surface area contributed by atoms with Crippen molar-refractivity contribution < 1.29 is 14.3 Å². The van der Waals surface area contributed by atoms with Crippen molar-refractivity contribution in [3.8, 4) is 0 Å². The third kappa shape index (κ3) is 5.67. The van der Waals surface area contributed by atoms with Crippen LogP contribution in [0.2, 0.25) is 0 Å². The number of benzene rings is 1. The van der Waals surface area contributed by atoms with Gasteiger partial charge in [0.15, 0.2) is 0 Å². The number of hydrogen-bond donors (Lipinski definition) is 3. The summed E-state index contributed by atoms with van der Waals surface area (Å²) >= 11 is 0. The molecule has 0 bridgehead atoms. The number of halogens is 1. The van der Waals surface area contributed by atoms with E-state index in [9.17, 15) is 14.3 Å². The van der Waals surface area contributed by atoms with Crippen LogP contribution < -0.4 is 10.6 Å². The molecule has 4 nitrogen and oxygen atoms in total. The van der Waals surface area contributed by atoms with E-state index < -0.39 is 6.10 Å². The van der Waals surface area contributed by atoms with Crippen molar-refractivity contribution in [1.82, 2.24) is 5.32 Å². The van der Waals surface area contributed by atoms with Crippen LogP contribution in [0.1, 0.15) is 26.7 Å². The minimum Gasteiger partial charge on any atom is -0.392 e. The second-order valence-electron chi connectivity index (χ2n) is 4.83. The molecule has 0 spiro atoms. The van der Waals surface area contributed by atoms with E-state index in [-0.39, 0.29) is 24.2 Å². The summed E-state index contributed by atoms with van der Waals surface area (Å²) in [6.45, 7) is 4.54. The van der Waals surface area contributed by atoms with Gasteiger partial charge in [0, 0.05) is 12.2 Å². The molecule has 0 radical (unpaired) electrons. The number of rotatable bonds is 8. The molecule has 1 unspecified atom stereocenters. The average molecular weight is 282 g/mol. The molecule has 1 amide bonds. The normalized spacial score (nSPS) is 12.4. The number of carbonyl (C=O) groups is 1. The van der Waals surface area contributed by atoms with Crippen molar-refractivity contribution in [2.75, 3.05) is 18.4 Å². The molecule has 0 aliphatic rings. The average Bonchev–Trinajstić information content (AvgIpc) is 2.40. The van der Waals surface area contributed by atoms with Gasteiger partial charge in [0.05, 0.1) is 12.6 Å². The highest BCUT2D eigenvalue weighted by Gasteiger charge is 2.15. The second-order valence-corrected chi connectivity index (χ2v) is 4.83. The van der Waals surface area contributed by atoms with E-state index >= 15 is 0 Å². The highest BCUT2D eigenvalue weighted by molar-refractivity contribution is 5.92. The number of anilines is 1. The Morgan fingerprint density at radius 3 is 2.65 bits per heavy atom. The molecule has 20 heavy (non-hydrogen) atoms. The van der Waals surface area contributed by atoms with Gasteiger partial charge in [-0.05, 0) is 24.1 Å². The quantitative estimate of drug-likeness (QED) is 0.684. The fourth-order valence-corrected chi connectivity index (χ4v) is 2.10. The molecule has 5 heteroatoms. The summed E-state index contributed by atoms with van der Waals surface area (Å²) in [4.78, 5) is 11.6.